The van der Waals surface area contributed by atoms with E-state index in [1.54, 1.807) is 6.07 Å². The van der Waals surface area contributed by atoms with E-state index in [4.69, 9.17) is 0 Å². The molecule has 0 radical (unpaired) electrons. The van der Waals surface area contributed by atoms with Crippen LogP contribution in [0.4, 0.5) is 0 Å². The Balaban J connectivity index is 2.03. The molecule has 0 heterocycles. The minimum absolute atomic E-state index is 0.0183. The van der Waals surface area contributed by atoms with Crippen LogP contribution in [0.15, 0.2) is 72.8 Å². The molecule has 1 aliphatic rings. The van der Waals surface area contributed by atoms with Crippen molar-refractivity contribution >= 4 is 0 Å². The van der Waals surface area contributed by atoms with Crippen molar-refractivity contribution in [3.05, 3.63) is 107 Å². The molecule has 0 amide bonds. The molecule has 3 aromatic rings. The highest BCUT2D eigenvalue weighted by atomic mass is 16.3. The molecule has 0 aromatic heterocycles. The Hall–Kier alpha value is -2.67. The van der Waals surface area contributed by atoms with Gasteiger partial charge in [-0.15, -0.1) is 5.75 Å². The lowest BCUT2D eigenvalue weighted by atomic mass is 9.70. The lowest BCUT2D eigenvalue weighted by Gasteiger charge is -2.29. The maximum absolute atomic E-state index is 12.4. The molecule has 0 saturated carbocycles. The van der Waals surface area contributed by atoms with E-state index in [1.807, 2.05) is 18.2 Å². The molecular weight excluding hydrogens is 268 g/mol. The van der Waals surface area contributed by atoms with Crippen molar-refractivity contribution < 1.29 is 5.11 Å². The van der Waals surface area contributed by atoms with Gasteiger partial charge in [-0.3, -0.25) is 0 Å². The molecule has 0 unspecified atom stereocenters. The fraction of sp³-hybridized carbons (Fsp3) is 0.0952. The van der Waals surface area contributed by atoms with Gasteiger partial charge in [-0.2, -0.15) is 0 Å². The highest BCUT2D eigenvalue weighted by Crippen LogP contribution is 2.46. The van der Waals surface area contributed by atoms with Gasteiger partial charge in [0.1, 0.15) is 0 Å². The van der Waals surface area contributed by atoms with Crippen LogP contribution in [-0.4, -0.2) is 0 Å². The Morgan fingerprint density at radius 3 is 1.68 bits per heavy atom. The number of hydrogen-bond acceptors (Lipinski definition) is 1. The van der Waals surface area contributed by atoms with Crippen LogP contribution in [0.1, 0.15) is 40.7 Å². The molecule has 0 fully saturated rings. The Labute approximate surface area is 130 Å². The van der Waals surface area contributed by atoms with Gasteiger partial charge >= 0.3 is 0 Å². The summed E-state index contributed by atoms with van der Waals surface area (Å²) >= 11 is 0. The monoisotopic (exact) mass is 284 g/mol. The van der Waals surface area contributed by atoms with Crippen molar-refractivity contribution in [3.63, 3.8) is 0 Å². The molecule has 106 valence electrons. The summed E-state index contributed by atoms with van der Waals surface area (Å²) in [6, 6.07) is 24.2. The van der Waals surface area contributed by atoms with Crippen LogP contribution in [-0.2, 0) is 0 Å². The van der Waals surface area contributed by atoms with Gasteiger partial charge in [-0.1, -0.05) is 24.3 Å². The molecule has 0 atom stereocenters. The molecule has 0 spiro atoms. The van der Waals surface area contributed by atoms with Crippen LogP contribution < -0.4 is 5.11 Å². The van der Waals surface area contributed by atoms with E-state index in [1.165, 1.54) is 28.2 Å². The third-order valence-electron chi connectivity index (χ3n) is 4.58. The maximum Gasteiger partial charge on any atom is 0.0889 e. The van der Waals surface area contributed by atoms with E-state index in [0.29, 0.717) is 0 Å². The van der Waals surface area contributed by atoms with Crippen LogP contribution in [0.5, 0.6) is 5.75 Å². The summed E-state index contributed by atoms with van der Waals surface area (Å²) in [4.78, 5) is 0. The van der Waals surface area contributed by atoms with E-state index >= 15 is 0 Å². The fourth-order valence-corrected chi connectivity index (χ4v) is 3.55. The molecule has 0 aliphatic heterocycles. The summed E-state index contributed by atoms with van der Waals surface area (Å²) in [5, 5.41) is 12.4. The summed E-state index contributed by atoms with van der Waals surface area (Å²) in [7, 11) is 0. The van der Waals surface area contributed by atoms with Crippen molar-refractivity contribution in [2.24, 2.45) is 0 Å². The highest BCUT2D eigenvalue weighted by molar-refractivity contribution is 5.64. The molecule has 22 heavy (non-hydrogen) atoms. The molecule has 0 N–H and O–H groups in total. The topological polar surface area (TPSA) is 23.1 Å². The molecule has 1 heteroatoms. The Morgan fingerprint density at radius 2 is 1.14 bits per heavy atom. The minimum atomic E-state index is 0.0183. The smallest absolute Gasteiger partial charge is 0.0889 e. The first-order chi connectivity index (χ1) is 10.8. The molecule has 0 bridgehead atoms. The first-order valence-corrected chi connectivity index (χ1v) is 7.55. The zero-order chi connectivity index (χ0) is 15.1. The number of benzene rings is 3. The average Bonchev–Trinajstić information content (AvgIpc) is 2.57. The van der Waals surface area contributed by atoms with Gasteiger partial charge in [0.2, 0.25) is 0 Å². The van der Waals surface area contributed by atoms with Gasteiger partial charge in [-0.25, -0.2) is 0 Å². The van der Waals surface area contributed by atoms with Crippen molar-refractivity contribution in [2.45, 2.75) is 12.8 Å². The van der Waals surface area contributed by atoms with Gasteiger partial charge in [0.15, 0.2) is 0 Å². The van der Waals surface area contributed by atoms with Gasteiger partial charge in [0.25, 0.3) is 0 Å². The quantitative estimate of drug-likeness (QED) is 0.613. The van der Waals surface area contributed by atoms with E-state index in [9.17, 15) is 5.11 Å². The molecular formula is C21H16O. The third-order valence-corrected chi connectivity index (χ3v) is 4.58. The van der Waals surface area contributed by atoms with Gasteiger partial charge in [0.05, 0.1) is 17.0 Å². The summed E-state index contributed by atoms with van der Waals surface area (Å²) in [5.41, 5.74) is 5.79. The van der Waals surface area contributed by atoms with Gasteiger partial charge < -0.3 is 5.11 Å². The maximum atomic E-state index is 12.4. The zero-order valence-electron chi connectivity index (χ0n) is 12.4. The lowest BCUT2D eigenvalue weighted by molar-refractivity contribution is -0.269. The minimum Gasteiger partial charge on any atom is -0.872 e. The van der Waals surface area contributed by atoms with Crippen LogP contribution in [0.2, 0.25) is 0 Å². The largest absolute Gasteiger partial charge is 0.872 e. The third kappa shape index (κ3) is 1.82. The van der Waals surface area contributed by atoms with E-state index in [-0.39, 0.29) is 11.7 Å². The summed E-state index contributed by atoms with van der Waals surface area (Å²) < 4.78 is 0. The highest BCUT2D eigenvalue weighted by Gasteiger charge is 2.36. The second-order valence-corrected chi connectivity index (χ2v) is 5.77. The first kappa shape index (κ1) is 13.0. The van der Waals surface area contributed by atoms with Crippen molar-refractivity contribution in [1.82, 2.24) is 0 Å². The second kappa shape index (κ2) is 4.96. The molecule has 1 nitrogen and oxygen atoms in total. The van der Waals surface area contributed by atoms with Crippen LogP contribution in [0.3, 0.4) is 0 Å². The number of hydrogen-bond donors (Lipinski definition) is 0. The molecule has 4 rings (SSSR count). The Morgan fingerprint density at radius 1 is 0.682 bits per heavy atom. The van der Waals surface area contributed by atoms with Crippen LogP contribution in [0, 0.1) is 5.92 Å². The van der Waals surface area contributed by atoms with Crippen molar-refractivity contribution in [2.75, 3.05) is 0 Å². The second-order valence-electron chi connectivity index (χ2n) is 5.77. The molecule has 0 saturated heterocycles. The average molecular weight is 284 g/mol. The predicted octanol–water partition coefficient (Wildman–Crippen LogP) is 4.24. The molecule has 1 aliphatic carbocycles. The molecule has 3 aromatic carbocycles. The SMILES string of the molecule is C[C+]1c2ccccc2C(c2ccccc2[O-])c2ccccc21. The normalized spacial score (nSPS) is 13.6. The Kier molecular flexibility index (Phi) is 2.93. The Bertz CT molecular complexity index is 787. The number of rotatable bonds is 1. The fourth-order valence-electron chi connectivity index (χ4n) is 3.55. The van der Waals surface area contributed by atoms with Crippen molar-refractivity contribution in [1.29, 1.82) is 0 Å². The van der Waals surface area contributed by atoms with Crippen LogP contribution in [0.25, 0.3) is 0 Å². The van der Waals surface area contributed by atoms with Gasteiger partial charge in [-0.05, 0) is 48.9 Å². The lowest BCUT2D eigenvalue weighted by Crippen LogP contribution is -2.19. The number of para-hydroxylation sites is 1. The zero-order valence-corrected chi connectivity index (χ0v) is 12.4. The standard InChI is InChI=1S/C21H16O/c1-14-15-8-2-4-10-17(15)21(18-11-5-3-9-16(14)18)19-12-6-7-13-20(19)22/h2-13,21H,1H3. The van der Waals surface area contributed by atoms with Crippen molar-refractivity contribution in [3.8, 4) is 5.75 Å². The van der Waals surface area contributed by atoms with E-state index < -0.39 is 0 Å². The first-order valence-electron chi connectivity index (χ1n) is 7.55. The number of fused-ring (bicyclic) bond motifs is 2. The predicted molar refractivity (Wildman–Crippen MR) is 86.8 cm³/mol. The summed E-state index contributed by atoms with van der Waals surface area (Å²) in [6.07, 6.45) is 0. The van der Waals surface area contributed by atoms with E-state index in [2.05, 4.69) is 55.5 Å². The van der Waals surface area contributed by atoms with Gasteiger partial charge in [0, 0.05) is 29.2 Å². The summed E-state index contributed by atoms with van der Waals surface area (Å²) in [6.45, 7) is 2.16. The van der Waals surface area contributed by atoms with Crippen LogP contribution >= 0.6 is 0 Å². The van der Waals surface area contributed by atoms with E-state index in [0.717, 1.165) is 5.56 Å². The summed E-state index contributed by atoms with van der Waals surface area (Å²) in [5.74, 6) is 1.41.